The van der Waals surface area contributed by atoms with Gasteiger partial charge in [0.15, 0.2) is 11.5 Å². The minimum Gasteiger partial charge on any atom is -0.504 e. The van der Waals surface area contributed by atoms with Crippen molar-refractivity contribution in [2.75, 3.05) is 6.61 Å². The van der Waals surface area contributed by atoms with Gasteiger partial charge in [0.05, 0.1) is 17.9 Å². The highest BCUT2D eigenvalue weighted by atomic mass is 32.1. The Morgan fingerprint density at radius 2 is 2.00 bits per heavy atom. The third-order valence-electron chi connectivity index (χ3n) is 4.11. The van der Waals surface area contributed by atoms with E-state index < -0.39 is 0 Å². The standard InChI is InChI=1S/C22H20N2O2S/c1-3-15-5-8-17(9-6-15)19-14-27-22(24-19)18(13-23)11-16-7-10-20(25)21(12-16)26-4-2/h5-12,14,25H,3-4H2,1-2H3/b18-11-. The molecule has 0 spiro atoms. The summed E-state index contributed by atoms with van der Waals surface area (Å²) >= 11 is 1.44. The molecule has 2 aromatic carbocycles. The smallest absolute Gasteiger partial charge is 0.161 e. The van der Waals surface area contributed by atoms with E-state index in [4.69, 9.17) is 4.74 Å². The average Bonchev–Trinajstić information content (AvgIpc) is 3.18. The van der Waals surface area contributed by atoms with Crippen molar-refractivity contribution in [2.45, 2.75) is 20.3 Å². The van der Waals surface area contributed by atoms with Gasteiger partial charge >= 0.3 is 0 Å². The van der Waals surface area contributed by atoms with Crippen molar-refractivity contribution in [3.05, 3.63) is 64.0 Å². The number of phenols is 1. The molecule has 0 aliphatic rings. The Hall–Kier alpha value is -3.10. The molecule has 1 heterocycles. The van der Waals surface area contributed by atoms with Crippen LogP contribution in [0.25, 0.3) is 22.9 Å². The van der Waals surface area contributed by atoms with Crippen LogP contribution < -0.4 is 4.74 Å². The van der Waals surface area contributed by atoms with E-state index in [1.165, 1.54) is 16.9 Å². The molecule has 0 unspecified atom stereocenters. The molecule has 3 rings (SSSR count). The number of aromatic nitrogens is 1. The van der Waals surface area contributed by atoms with E-state index in [1.807, 2.05) is 12.3 Å². The quantitative estimate of drug-likeness (QED) is 0.574. The number of ether oxygens (including phenoxy) is 1. The van der Waals surface area contributed by atoms with Crippen molar-refractivity contribution in [1.29, 1.82) is 5.26 Å². The predicted octanol–water partition coefficient (Wildman–Crippen LogP) is 5.54. The van der Waals surface area contributed by atoms with Crippen molar-refractivity contribution >= 4 is 23.0 Å². The zero-order valence-corrected chi connectivity index (χ0v) is 16.1. The van der Waals surface area contributed by atoms with Crippen LogP contribution in [-0.2, 0) is 6.42 Å². The average molecular weight is 376 g/mol. The Morgan fingerprint density at radius 1 is 1.22 bits per heavy atom. The summed E-state index contributed by atoms with van der Waals surface area (Å²) in [6.07, 6.45) is 2.75. The molecule has 0 fully saturated rings. The number of hydrogen-bond acceptors (Lipinski definition) is 5. The Balaban J connectivity index is 1.90. The number of allylic oxidation sites excluding steroid dienone is 1. The molecular formula is C22H20N2O2S. The summed E-state index contributed by atoms with van der Waals surface area (Å²) in [6, 6.07) is 15.6. The van der Waals surface area contributed by atoms with Gasteiger partial charge in [0.2, 0.25) is 0 Å². The fourth-order valence-electron chi connectivity index (χ4n) is 2.64. The zero-order chi connectivity index (χ0) is 19.2. The van der Waals surface area contributed by atoms with Gasteiger partial charge in [-0.05, 0) is 42.7 Å². The van der Waals surface area contributed by atoms with Crippen LogP contribution in [0.4, 0.5) is 0 Å². The highest BCUT2D eigenvalue weighted by Crippen LogP contribution is 2.30. The fourth-order valence-corrected chi connectivity index (χ4v) is 3.44. The Kier molecular flexibility index (Phi) is 5.90. The number of nitrogens with zero attached hydrogens (tertiary/aromatic N) is 2. The molecule has 0 atom stereocenters. The van der Waals surface area contributed by atoms with Gasteiger partial charge in [0, 0.05) is 10.9 Å². The van der Waals surface area contributed by atoms with Crippen molar-refractivity contribution in [3.63, 3.8) is 0 Å². The van der Waals surface area contributed by atoms with Gasteiger partial charge in [-0.15, -0.1) is 11.3 Å². The molecule has 4 nitrogen and oxygen atoms in total. The van der Waals surface area contributed by atoms with Crippen molar-refractivity contribution in [3.8, 4) is 28.8 Å². The Morgan fingerprint density at radius 3 is 2.67 bits per heavy atom. The number of rotatable bonds is 6. The highest BCUT2D eigenvalue weighted by molar-refractivity contribution is 7.11. The van der Waals surface area contributed by atoms with Crippen LogP contribution in [0.15, 0.2) is 47.8 Å². The van der Waals surface area contributed by atoms with Gasteiger partial charge in [-0.25, -0.2) is 4.98 Å². The second-order valence-corrected chi connectivity index (χ2v) is 6.78. The Labute approximate surface area is 163 Å². The van der Waals surface area contributed by atoms with Crippen LogP contribution in [0.5, 0.6) is 11.5 Å². The lowest BCUT2D eigenvalue weighted by Gasteiger charge is -2.06. The van der Waals surface area contributed by atoms with Gasteiger partial charge in [-0.2, -0.15) is 5.26 Å². The summed E-state index contributed by atoms with van der Waals surface area (Å²) in [5, 5.41) is 22.0. The first-order chi connectivity index (χ1) is 13.1. The summed E-state index contributed by atoms with van der Waals surface area (Å²) < 4.78 is 5.40. The molecule has 0 bridgehead atoms. The van der Waals surface area contributed by atoms with Gasteiger partial charge in [0.1, 0.15) is 11.1 Å². The molecule has 0 saturated carbocycles. The maximum Gasteiger partial charge on any atom is 0.161 e. The molecule has 0 aliphatic carbocycles. The van der Waals surface area contributed by atoms with E-state index in [1.54, 1.807) is 24.3 Å². The summed E-state index contributed by atoms with van der Waals surface area (Å²) in [6.45, 7) is 4.44. The van der Waals surface area contributed by atoms with E-state index >= 15 is 0 Å². The third kappa shape index (κ3) is 4.36. The molecule has 3 aromatic rings. The molecule has 5 heteroatoms. The number of hydrogen-bond donors (Lipinski definition) is 1. The molecule has 0 saturated heterocycles. The van der Waals surface area contributed by atoms with Crippen LogP contribution in [0, 0.1) is 11.3 Å². The first-order valence-electron chi connectivity index (χ1n) is 8.77. The van der Waals surface area contributed by atoms with Crippen molar-refractivity contribution in [1.82, 2.24) is 4.98 Å². The fraction of sp³-hybridized carbons (Fsp3) is 0.182. The maximum absolute atomic E-state index is 9.82. The van der Waals surface area contributed by atoms with Crippen molar-refractivity contribution < 1.29 is 9.84 Å². The molecule has 136 valence electrons. The van der Waals surface area contributed by atoms with Gasteiger partial charge in [0.25, 0.3) is 0 Å². The number of phenolic OH excluding ortho intramolecular Hbond substituents is 1. The number of thiazole rings is 1. The third-order valence-corrected chi connectivity index (χ3v) is 4.98. The summed E-state index contributed by atoms with van der Waals surface area (Å²) in [5.41, 5.74) is 4.43. The lowest BCUT2D eigenvalue weighted by molar-refractivity contribution is 0.318. The first kappa shape index (κ1) is 18.7. The van der Waals surface area contributed by atoms with E-state index in [-0.39, 0.29) is 5.75 Å². The van der Waals surface area contributed by atoms with Gasteiger partial charge < -0.3 is 9.84 Å². The van der Waals surface area contributed by atoms with Crippen LogP contribution in [0.3, 0.4) is 0 Å². The van der Waals surface area contributed by atoms with Gasteiger partial charge in [-0.3, -0.25) is 0 Å². The number of aryl methyl sites for hydroxylation is 1. The molecule has 1 aromatic heterocycles. The Bertz CT molecular complexity index is 998. The summed E-state index contributed by atoms with van der Waals surface area (Å²) in [7, 11) is 0. The first-order valence-corrected chi connectivity index (χ1v) is 9.65. The second-order valence-electron chi connectivity index (χ2n) is 5.92. The zero-order valence-electron chi connectivity index (χ0n) is 15.3. The predicted molar refractivity (Wildman–Crippen MR) is 110 cm³/mol. The molecule has 1 N–H and O–H groups in total. The van der Waals surface area contributed by atoms with Crippen LogP contribution in [-0.4, -0.2) is 16.7 Å². The molecular weight excluding hydrogens is 356 g/mol. The van der Waals surface area contributed by atoms with E-state index in [9.17, 15) is 10.4 Å². The SMILES string of the molecule is CCOc1cc(/C=C(/C#N)c2nc(-c3ccc(CC)cc3)cs2)ccc1O. The van der Waals surface area contributed by atoms with Crippen molar-refractivity contribution in [2.24, 2.45) is 0 Å². The molecule has 27 heavy (non-hydrogen) atoms. The number of nitriles is 1. The highest BCUT2D eigenvalue weighted by Gasteiger charge is 2.10. The maximum atomic E-state index is 9.82. The van der Waals surface area contributed by atoms with E-state index in [0.29, 0.717) is 22.9 Å². The molecule has 0 radical (unpaired) electrons. The summed E-state index contributed by atoms with van der Waals surface area (Å²) in [4.78, 5) is 4.63. The van der Waals surface area contributed by atoms with Crippen LogP contribution in [0.2, 0.25) is 0 Å². The van der Waals surface area contributed by atoms with E-state index in [0.717, 1.165) is 23.2 Å². The lowest BCUT2D eigenvalue weighted by atomic mass is 10.1. The molecule has 0 amide bonds. The van der Waals surface area contributed by atoms with E-state index in [2.05, 4.69) is 42.2 Å². The normalized spacial score (nSPS) is 11.2. The summed E-state index contributed by atoms with van der Waals surface area (Å²) in [5.74, 6) is 0.485. The monoisotopic (exact) mass is 376 g/mol. The van der Waals surface area contributed by atoms with Crippen LogP contribution >= 0.6 is 11.3 Å². The lowest BCUT2D eigenvalue weighted by Crippen LogP contribution is -1.92. The second kappa shape index (κ2) is 8.52. The van der Waals surface area contributed by atoms with Gasteiger partial charge in [-0.1, -0.05) is 37.3 Å². The number of benzene rings is 2. The molecule has 0 aliphatic heterocycles. The minimum absolute atomic E-state index is 0.0829. The largest absolute Gasteiger partial charge is 0.504 e. The number of aromatic hydroxyl groups is 1. The topological polar surface area (TPSA) is 66.1 Å². The van der Waals surface area contributed by atoms with Crippen LogP contribution in [0.1, 0.15) is 30.0 Å². The minimum atomic E-state index is 0.0829.